The fraction of sp³-hybridized carbons (Fsp3) is 0.308. The number of nitrogens with zero attached hydrogens (tertiary/aromatic N) is 1. The van der Waals surface area contributed by atoms with Crippen molar-refractivity contribution in [2.75, 3.05) is 20.8 Å². The molecule has 4 nitrogen and oxygen atoms in total. The van der Waals surface area contributed by atoms with Gasteiger partial charge in [0.2, 0.25) is 0 Å². The van der Waals surface area contributed by atoms with Crippen LogP contribution in [0.2, 0.25) is 0 Å². The quantitative estimate of drug-likeness (QED) is 0.540. The molecule has 3 aromatic rings. The van der Waals surface area contributed by atoms with E-state index in [1.54, 1.807) is 14.2 Å². The summed E-state index contributed by atoms with van der Waals surface area (Å²) < 4.78 is 17.2. The van der Waals surface area contributed by atoms with E-state index >= 15 is 0 Å². The van der Waals surface area contributed by atoms with E-state index in [4.69, 9.17) is 14.2 Å². The molecule has 0 bridgehead atoms. The molecule has 4 rings (SSSR count). The third kappa shape index (κ3) is 4.95. The molecule has 0 aromatic heterocycles. The Balaban J connectivity index is 1.50. The van der Waals surface area contributed by atoms with Crippen LogP contribution >= 0.6 is 0 Å². The molecule has 0 atom stereocenters. The van der Waals surface area contributed by atoms with Crippen LogP contribution in [0, 0.1) is 0 Å². The molecule has 3 aromatic carbocycles. The lowest BCUT2D eigenvalue weighted by atomic mass is 10.0. The summed E-state index contributed by atoms with van der Waals surface area (Å²) in [6, 6.07) is 22.9. The molecule has 1 aliphatic rings. The Kier molecular flexibility index (Phi) is 6.55. The van der Waals surface area contributed by atoms with Crippen molar-refractivity contribution in [3.8, 4) is 17.2 Å². The standard InChI is InChI=1S/C26H29NO3/c1-28-24-12-6-10-21(14-24)17-27-13-7-11-22-15-26(25(29-2)16-23(22)18-27)30-19-20-8-4-3-5-9-20/h3-6,8-10,12,14-16H,7,11,13,17-19H2,1-2H3. The predicted octanol–water partition coefficient (Wildman–Crippen LogP) is 5.23. The molecule has 1 aliphatic heterocycles. The normalized spacial score (nSPS) is 13.9. The van der Waals surface area contributed by atoms with Crippen molar-refractivity contribution in [1.82, 2.24) is 4.90 Å². The lowest BCUT2D eigenvalue weighted by Crippen LogP contribution is -2.22. The molecule has 0 saturated carbocycles. The fourth-order valence-corrected chi connectivity index (χ4v) is 4.01. The van der Waals surface area contributed by atoms with E-state index in [-0.39, 0.29) is 0 Å². The molecule has 30 heavy (non-hydrogen) atoms. The van der Waals surface area contributed by atoms with Gasteiger partial charge in [0.1, 0.15) is 12.4 Å². The summed E-state index contributed by atoms with van der Waals surface area (Å²) in [5.74, 6) is 2.53. The van der Waals surface area contributed by atoms with Crippen LogP contribution in [-0.4, -0.2) is 25.7 Å². The molecule has 156 valence electrons. The van der Waals surface area contributed by atoms with Crippen LogP contribution in [0.3, 0.4) is 0 Å². The first kappa shape index (κ1) is 20.3. The van der Waals surface area contributed by atoms with Gasteiger partial charge in [-0.25, -0.2) is 0 Å². The zero-order valence-electron chi connectivity index (χ0n) is 17.8. The van der Waals surface area contributed by atoms with Gasteiger partial charge in [-0.2, -0.15) is 0 Å². The molecule has 1 heterocycles. The van der Waals surface area contributed by atoms with Crippen molar-refractivity contribution in [2.24, 2.45) is 0 Å². The zero-order chi connectivity index (χ0) is 20.8. The topological polar surface area (TPSA) is 30.9 Å². The number of hydrogen-bond donors (Lipinski definition) is 0. The third-order valence-electron chi connectivity index (χ3n) is 5.58. The summed E-state index contributed by atoms with van der Waals surface area (Å²) in [7, 11) is 3.42. The highest BCUT2D eigenvalue weighted by molar-refractivity contribution is 5.48. The number of benzene rings is 3. The summed E-state index contributed by atoms with van der Waals surface area (Å²) in [6.07, 6.45) is 2.18. The molecule has 0 fully saturated rings. The Morgan fingerprint density at radius 3 is 2.40 bits per heavy atom. The van der Waals surface area contributed by atoms with Gasteiger partial charge < -0.3 is 14.2 Å². The van der Waals surface area contributed by atoms with Crippen molar-refractivity contribution in [2.45, 2.75) is 32.5 Å². The minimum atomic E-state index is 0.540. The maximum atomic E-state index is 6.12. The number of aryl methyl sites for hydroxylation is 1. The molecule has 0 spiro atoms. The van der Waals surface area contributed by atoms with E-state index in [0.717, 1.165) is 55.3 Å². The average Bonchev–Trinajstić information content (AvgIpc) is 2.98. The summed E-state index contributed by atoms with van der Waals surface area (Å²) >= 11 is 0. The van der Waals surface area contributed by atoms with Crippen LogP contribution in [0.1, 0.15) is 28.7 Å². The maximum absolute atomic E-state index is 6.12. The van der Waals surface area contributed by atoms with Crippen molar-refractivity contribution in [3.63, 3.8) is 0 Å². The zero-order valence-corrected chi connectivity index (χ0v) is 17.8. The van der Waals surface area contributed by atoms with Crippen LogP contribution < -0.4 is 14.2 Å². The van der Waals surface area contributed by atoms with Gasteiger partial charge in [-0.15, -0.1) is 0 Å². The average molecular weight is 404 g/mol. The monoisotopic (exact) mass is 403 g/mol. The number of fused-ring (bicyclic) bond motifs is 1. The van der Waals surface area contributed by atoms with E-state index in [0.29, 0.717) is 6.61 Å². The number of ether oxygens (including phenoxy) is 3. The van der Waals surface area contributed by atoms with Crippen molar-refractivity contribution < 1.29 is 14.2 Å². The smallest absolute Gasteiger partial charge is 0.161 e. The van der Waals surface area contributed by atoms with Crippen LogP contribution in [0.25, 0.3) is 0 Å². The van der Waals surface area contributed by atoms with Crippen LogP contribution in [0.15, 0.2) is 66.7 Å². The molecule has 0 N–H and O–H groups in total. The Morgan fingerprint density at radius 1 is 0.800 bits per heavy atom. The second-order valence-electron chi connectivity index (χ2n) is 7.71. The molecule has 4 heteroatoms. The highest BCUT2D eigenvalue weighted by Crippen LogP contribution is 2.34. The second kappa shape index (κ2) is 9.68. The Labute approximate surface area is 179 Å². The first-order chi connectivity index (χ1) is 14.7. The SMILES string of the molecule is COc1cccc(CN2CCCc3cc(OCc4ccccc4)c(OC)cc3C2)c1. The minimum absolute atomic E-state index is 0.540. The van der Waals surface area contributed by atoms with Gasteiger partial charge in [-0.05, 0) is 65.9 Å². The Bertz CT molecular complexity index is 971. The number of rotatable bonds is 7. The highest BCUT2D eigenvalue weighted by Gasteiger charge is 2.18. The van der Waals surface area contributed by atoms with Gasteiger partial charge in [0, 0.05) is 13.1 Å². The molecule has 0 saturated heterocycles. The first-order valence-corrected chi connectivity index (χ1v) is 10.5. The van der Waals surface area contributed by atoms with Crippen LogP contribution in [0.4, 0.5) is 0 Å². The molecule has 0 radical (unpaired) electrons. The van der Waals surface area contributed by atoms with Crippen LogP contribution in [0.5, 0.6) is 17.2 Å². The molecule has 0 unspecified atom stereocenters. The molecule has 0 amide bonds. The molecular formula is C26H29NO3. The van der Waals surface area contributed by atoms with Crippen molar-refractivity contribution >= 4 is 0 Å². The van der Waals surface area contributed by atoms with Crippen LogP contribution in [-0.2, 0) is 26.1 Å². The van der Waals surface area contributed by atoms with Crippen molar-refractivity contribution in [3.05, 3.63) is 89.0 Å². The highest BCUT2D eigenvalue weighted by atomic mass is 16.5. The fourth-order valence-electron chi connectivity index (χ4n) is 4.01. The second-order valence-corrected chi connectivity index (χ2v) is 7.71. The van der Waals surface area contributed by atoms with Crippen molar-refractivity contribution in [1.29, 1.82) is 0 Å². The lowest BCUT2D eigenvalue weighted by Gasteiger charge is -2.21. The number of hydrogen-bond acceptors (Lipinski definition) is 4. The summed E-state index contributed by atoms with van der Waals surface area (Å²) in [5.41, 5.74) is 5.10. The van der Waals surface area contributed by atoms with E-state index < -0.39 is 0 Å². The van der Waals surface area contributed by atoms with Gasteiger partial charge >= 0.3 is 0 Å². The summed E-state index contributed by atoms with van der Waals surface area (Å²) in [5, 5.41) is 0. The maximum Gasteiger partial charge on any atom is 0.161 e. The van der Waals surface area contributed by atoms with Gasteiger partial charge in [0.05, 0.1) is 14.2 Å². The number of methoxy groups -OCH3 is 2. The summed E-state index contributed by atoms with van der Waals surface area (Å²) in [6.45, 7) is 3.42. The summed E-state index contributed by atoms with van der Waals surface area (Å²) in [4.78, 5) is 2.49. The molecule has 0 aliphatic carbocycles. The Hall–Kier alpha value is -2.98. The van der Waals surface area contributed by atoms with Gasteiger partial charge in [-0.1, -0.05) is 42.5 Å². The third-order valence-corrected chi connectivity index (χ3v) is 5.58. The van der Waals surface area contributed by atoms with E-state index in [9.17, 15) is 0 Å². The van der Waals surface area contributed by atoms with Gasteiger partial charge in [0.15, 0.2) is 11.5 Å². The molecular weight excluding hydrogens is 374 g/mol. The van der Waals surface area contributed by atoms with Gasteiger partial charge in [0.25, 0.3) is 0 Å². The lowest BCUT2D eigenvalue weighted by molar-refractivity contribution is 0.259. The predicted molar refractivity (Wildman–Crippen MR) is 119 cm³/mol. The van der Waals surface area contributed by atoms with Gasteiger partial charge in [-0.3, -0.25) is 4.90 Å². The Morgan fingerprint density at radius 2 is 1.60 bits per heavy atom. The van der Waals surface area contributed by atoms with E-state index in [2.05, 4.69) is 47.4 Å². The van der Waals surface area contributed by atoms with E-state index in [1.165, 1.54) is 16.7 Å². The first-order valence-electron chi connectivity index (χ1n) is 10.5. The minimum Gasteiger partial charge on any atom is -0.497 e. The van der Waals surface area contributed by atoms with E-state index in [1.807, 2.05) is 24.3 Å². The largest absolute Gasteiger partial charge is 0.497 e.